The molecule has 0 radical (unpaired) electrons. The lowest BCUT2D eigenvalue weighted by Crippen LogP contribution is -2.13. The minimum Gasteiger partial charge on any atom is -0.321 e. The maximum absolute atomic E-state index is 12.1. The summed E-state index contributed by atoms with van der Waals surface area (Å²) in [6.45, 7) is 1.75. The SMILES string of the molecule is CC(=Cc1ccccc1)C(=O)Nc1ccccc1C#N. The quantitative estimate of drug-likeness (QED) is 0.859. The second kappa shape index (κ2) is 6.35. The van der Waals surface area contributed by atoms with Crippen LogP contribution in [0.1, 0.15) is 18.1 Å². The monoisotopic (exact) mass is 262 g/mol. The van der Waals surface area contributed by atoms with Crippen molar-refractivity contribution in [2.45, 2.75) is 6.92 Å². The molecule has 0 aliphatic heterocycles. The molecule has 3 nitrogen and oxygen atoms in total. The summed E-state index contributed by atoms with van der Waals surface area (Å²) in [6.07, 6.45) is 1.81. The highest BCUT2D eigenvalue weighted by molar-refractivity contribution is 6.06. The van der Waals surface area contributed by atoms with Crippen molar-refractivity contribution in [1.29, 1.82) is 5.26 Å². The Morgan fingerprint density at radius 3 is 2.45 bits per heavy atom. The van der Waals surface area contributed by atoms with E-state index in [1.807, 2.05) is 36.4 Å². The largest absolute Gasteiger partial charge is 0.321 e. The normalized spacial score (nSPS) is 10.7. The topological polar surface area (TPSA) is 52.9 Å². The number of nitriles is 1. The van der Waals surface area contributed by atoms with E-state index in [9.17, 15) is 4.79 Å². The summed E-state index contributed by atoms with van der Waals surface area (Å²) in [6, 6.07) is 18.6. The lowest BCUT2D eigenvalue weighted by atomic mass is 10.1. The van der Waals surface area contributed by atoms with E-state index in [4.69, 9.17) is 5.26 Å². The van der Waals surface area contributed by atoms with Crippen LogP contribution in [0.4, 0.5) is 5.69 Å². The summed E-state index contributed by atoms with van der Waals surface area (Å²) < 4.78 is 0. The maximum atomic E-state index is 12.1. The first-order valence-electron chi connectivity index (χ1n) is 6.24. The van der Waals surface area contributed by atoms with Gasteiger partial charge in [0.25, 0.3) is 5.91 Å². The number of anilines is 1. The van der Waals surface area contributed by atoms with Gasteiger partial charge in [-0.2, -0.15) is 5.26 Å². The minimum absolute atomic E-state index is 0.212. The third kappa shape index (κ3) is 3.33. The Kier molecular flexibility index (Phi) is 4.31. The fourth-order valence-corrected chi connectivity index (χ4v) is 1.78. The third-order valence-electron chi connectivity index (χ3n) is 2.84. The first-order valence-corrected chi connectivity index (χ1v) is 6.24. The molecule has 0 unspecified atom stereocenters. The molecule has 3 heteroatoms. The molecule has 2 aromatic carbocycles. The summed E-state index contributed by atoms with van der Waals surface area (Å²) in [5.41, 5.74) is 2.53. The average Bonchev–Trinajstić information content (AvgIpc) is 2.48. The summed E-state index contributed by atoms with van der Waals surface area (Å²) in [5.74, 6) is -0.212. The highest BCUT2D eigenvalue weighted by Crippen LogP contribution is 2.15. The zero-order valence-electron chi connectivity index (χ0n) is 11.1. The predicted molar refractivity (Wildman–Crippen MR) is 79.9 cm³/mol. The molecular formula is C17H14N2O. The molecule has 0 bridgehead atoms. The number of amides is 1. The Hall–Kier alpha value is -2.86. The molecule has 1 amide bonds. The molecule has 0 atom stereocenters. The summed E-state index contributed by atoms with van der Waals surface area (Å²) in [7, 11) is 0. The first-order chi connectivity index (χ1) is 9.70. The van der Waals surface area contributed by atoms with Gasteiger partial charge in [-0.25, -0.2) is 0 Å². The van der Waals surface area contributed by atoms with Crippen LogP contribution in [-0.2, 0) is 4.79 Å². The molecular weight excluding hydrogens is 248 g/mol. The Morgan fingerprint density at radius 2 is 1.75 bits per heavy atom. The molecule has 0 aliphatic rings. The number of hydrogen-bond acceptors (Lipinski definition) is 2. The van der Waals surface area contributed by atoms with Gasteiger partial charge < -0.3 is 5.32 Å². The zero-order valence-corrected chi connectivity index (χ0v) is 11.1. The van der Waals surface area contributed by atoms with Gasteiger partial charge in [0.15, 0.2) is 0 Å². The summed E-state index contributed by atoms with van der Waals surface area (Å²) in [5, 5.41) is 11.7. The zero-order chi connectivity index (χ0) is 14.4. The maximum Gasteiger partial charge on any atom is 0.251 e. The van der Waals surface area contributed by atoms with Crippen molar-refractivity contribution >= 4 is 17.7 Å². The van der Waals surface area contributed by atoms with Gasteiger partial charge >= 0.3 is 0 Å². The van der Waals surface area contributed by atoms with Crippen LogP contribution in [0.3, 0.4) is 0 Å². The van der Waals surface area contributed by atoms with E-state index in [-0.39, 0.29) is 5.91 Å². The highest BCUT2D eigenvalue weighted by Gasteiger charge is 2.07. The van der Waals surface area contributed by atoms with Crippen LogP contribution < -0.4 is 5.32 Å². The van der Waals surface area contributed by atoms with Gasteiger partial charge in [0.1, 0.15) is 6.07 Å². The van der Waals surface area contributed by atoms with Gasteiger partial charge in [-0.3, -0.25) is 4.79 Å². The van der Waals surface area contributed by atoms with E-state index in [0.717, 1.165) is 5.56 Å². The molecule has 98 valence electrons. The molecule has 2 rings (SSSR count). The molecule has 0 aliphatic carbocycles. The van der Waals surface area contributed by atoms with E-state index in [1.165, 1.54) is 0 Å². The Labute approximate surface area is 118 Å². The second-order valence-electron chi connectivity index (χ2n) is 4.35. The Bertz CT molecular complexity index is 682. The van der Waals surface area contributed by atoms with Crippen molar-refractivity contribution in [2.24, 2.45) is 0 Å². The van der Waals surface area contributed by atoms with Crippen LogP contribution in [0.25, 0.3) is 6.08 Å². The standard InChI is InChI=1S/C17H14N2O/c1-13(11-14-7-3-2-4-8-14)17(20)19-16-10-6-5-9-15(16)12-18/h2-11H,1H3,(H,19,20). The van der Waals surface area contributed by atoms with Crippen LogP contribution in [0.15, 0.2) is 60.2 Å². The van der Waals surface area contributed by atoms with Crippen molar-refractivity contribution in [2.75, 3.05) is 5.32 Å². The highest BCUT2D eigenvalue weighted by atomic mass is 16.1. The summed E-state index contributed by atoms with van der Waals surface area (Å²) >= 11 is 0. The van der Waals surface area contributed by atoms with E-state index in [2.05, 4.69) is 11.4 Å². The van der Waals surface area contributed by atoms with Gasteiger partial charge in [0, 0.05) is 5.57 Å². The number of carbonyl (C=O) groups excluding carboxylic acids is 1. The van der Waals surface area contributed by atoms with E-state index >= 15 is 0 Å². The number of hydrogen-bond donors (Lipinski definition) is 1. The number of nitrogens with one attached hydrogen (secondary N) is 1. The van der Waals surface area contributed by atoms with E-state index in [1.54, 1.807) is 31.2 Å². The fourth-order valence-electron chi connectivity index (χ4n) is 1.78. The van der Waals surface area contributed by atoms with E-state index < -0.39 is 0 Å². The van der Waals surface area contributed by atoms with Crippen molar-refractivity contribution in [3.8, 4) is 6.07 Å². The molecule has 0 heterocycles. The third-order valence-corrected chi connectivity index (χ3v) is 2.84. The molecule has 0 aromatic heterocycles. The van der Waals surface area contributed by atoms with Crippen LogP contribution in [0.5, 0.6) is 0 Å². The van der Waals surface area contributed by atoms with Crippen LogP contribution >= 0.6 is 0 Å². The van der Waals surface area contributed by atoms with Gasteiger partial charge in [0.05, 0.1) is 11.3 Å². The van der Waals surface area contributed by atoms with Gasteiger partial charge in [-0.15, -0.1) is 0 Å². The fraction of sp³-hybridized carbons (Fsp3) is 0.0588. The lowest BCUT2D eigenvalue weighted by Gasteiger charge is -2.07. The average molecular weight is 262 g/mol. The number of benzene rings is 2. The van der Waals surface area contributed by atoms with Gasteiger partial charge in [-0.05, 0) is 30.7 Å². The van der Waals surface area contributed by atoms with Crippen molar-refractivity contribution in [1.82, 2.24) is 0 Å². The molecule has 20 heavy (non-hydrogen) atoms. The van der Waals surface area contributed by atoms with Crippen LogP contribution in [0.2, 0.25) is 0 Å². The van der Waals surface area contributed by atoms with E-state index in [0.29, 0.717) is 16.8 Å². The van der Waals surface area contributed by atoms with Gasteiger partial charge in [0.2, 0.25) is 0 Å². The van der Waals surface area contributed by atoms with Crippen LogP contribution in [0, 0.1) is 11.3 Å². The van der Waals surface area contributed by atoms with Crippen LogP contribution in [-0.4, -0.2) is 5.91 Å². The second-order valence-corrected chi connectivity index (χ2v) is 4.35. The molecule has 1 N–H and O–H groups in total. The van der Waals surface area contributed by atoms with Gasteiger partial charge in [-0.1, -0.05) is 42.5 Å². The molecule has 2 aromatic rings. The molecule has 0 saturated heterocycles. The van der Waals surface area contributed by atoms with Crippen molar-refractivity contribution in [3.05, 3.63) is 71.3 Å². The van der Waals surface area contributed by atoms with Crippen molar-refractivity contribution in [3.63, 3.8) is 0 Å². The predicted octanol–water partition coefficient (Wildman–Crippen LogP) is 3.60. The molecule has 0 fully saturated rings. The Morgan fingerprint density at radius 1 is 1.10 bits per heavy atom. The first kappa shape index (κ1) is 13.6. The lowest BCUT2D eigenvalue weighted by molar-refractivity contribution is -0.112. The van der Waals surface area contributed by atoms with Crippen molar-refractivity contribution < 1.29 is 4.79 Å². The summed E-state index contributed by atoms with van der Waals surface area (Å²) in [4.78, 5) is 12.1. The Balaban J connectivity index is 2.16. The number of para-hydroxylation sites is 1. The minimum atomic E-state index is -0.212. The molecule has 0 spiro atoms. The number of rotatable bonds is 3. The molecule has 0 saturated carbocycles. The number of carbonyl (C=O) groups is 1. The smallest absolute Gasteiger partial charge is 0.251 e. The number of nitrogens with zero attached hydrogens (tertiary/aromatic N) is 1.